The Kier molecular flexibility index (Phi) is 5.61. The Bertz CT molecular complexity index is 996. The SMILES string of the molecule is CNC(=O)C1=C2SC(CC(=O)OC)C(=O)N2C(N)=C(C#N)C1c1ccc(F)cc1. The number of hydrogen-bond acceptors (Lipinski definition) is 7. The topological polar surface area (TPSA) is 126 Å². The van der Waals surface area contributed by atoms with Crippen molar-refractivity contribution < 1.29 is 23.5 Å². The number of ether oxygens (including phenoxy) is 1. The van der Waals surface area contributed by atoms with E-state index in [-0.39, 0.29) is 28.4 Å². The summed E-state index contributed by atoms with van der Waals surface area (Å²) in [5.74, 6) is -3.09. The lowest BCUT2D eigenvalue weighted by atomic mass is 9.82. The Morgan fingerprint density at radius 1 is 1.38 bits per heavy atom. The van der Waals surface area contributed by atoms with Gasteiger partial charge in [-0.1, -0.05) is 23.9 Å². The number of nitriles is 1. The molecule has 1 fully saturated rings. The van der Waals surface area contributed by atoms with E-state index in [1.165, 1.54) is 38.4 Å². The van der Waals surface area contributed by atoms with Crippen LogP contribution in [-0.4, -0.2) is 42.1 Å². The predicted molar refractivity (Wildman–Crippen MR) is 102 cm³/mol. The molecule has 2 heterocycles. The van der Waals surface area contributed by atoms with Gasteiger partial charge in [0.15, 0.2) is 0 Å². The van der Waals surface area contributed by atoms with Crippen molar-refractivity contribution >= 4 is 29.5 Å². The lowest BCUT2D eigenvalue weighted by Crippen LogP contribution is -2.39. The van der Waals surface area contributed by atoms with Crippen LogP contribution in [0.2, 0.25) is 0 Å². The molecule has 29 heavy (non-hydrogen) atoms. The van der Waals surface area contributed by atoms with Crippen LogP contribution >= 0.6 is 11.8 Å². The van der Waals surface area contributed by atoms with Crippen molar-refractivity contribution in [2.75, 3.05) is 14.2 Å². The van der Waals surface area contributed by atoms with Crippen molar-refractivity contribution in [3.05, 3.63) is 57.6 Å². The average Bonchev–Trinajstić information content (AvgIpc) is 3.03. The molecule has 10 heteroatoms. The highest BCUT2D eigenvalue weighted by atomic mass is 32.2. The lowest BCUT2D eigenvalue weighted by molar-refractivity contribution is -0.142. The van der Waals surface area contributed by atoms with Gasteiger partial charge in [-0.25, -0.2) is 4.39 Å². The van der Waals surface area contributed by atoms with Crippen LogP contribution < -0.4 is 11.1 Å². The highest BCUT2D eigenvalue weighted by molar-refractivity contribution is 8.04. The number of nitrogens with one attached hydrogen (secondary N) is 1. The van der Waals surface area contributed by atoms with Crippen LogP contribution in [0.25, 0.3) is 0 Å². The molecule has 0 bridgehead atoms. The number of methoxy groups -OCH3 is 1. The van der Waals surface area contributed by atoms with Gasteiger partial charge in [0.2, 0.25) is 5.91 Å². The molecule has 2 unspecified atom stereocenters. The number of amides is 2. The molecule has 150 valence electrons. The Morgan fingerprint density at radius 2 is 2.03 bits per heavy atom. The maximum absolute atomic E-state index is 13.4. The summed E-state index contributed by atoms with van der Waals surface area (Å²) < 4.78 is 18.0. The third-order valence-corrected chi connectivity index (χ3v) is 5.93. The van der Waals surface area contributed by atoms with Gasteiger partial charge in [-0.05, 0) is 17.7 Å². The maximum atomic E-state index is 13.4. The van der Waals surface area contributed by atoms with E-state index < -0.39 is 34.8 Å². The van der Waals surface area contributed by atoms with Gasteiger partial charge in [0.05, 0.1) is 41.7 Å². The minimum Gasteiger partial charge on any atom is -0.469 e. The van der Waals surface area contributed by atoms with Crippen LogP contribution in [0.3, 0.4) is 0 Å². The number of hydrogen-bond donors (Lipinski definition) is 2. The second-order valence-corrected chi connectivity index (χ2v) is 7.45. The number of likely N-dealkylation sites (N-methyl/N-ethyl adjacent to an activating group) is 1. The Hall–Kier alpha value is -3.32. The van der Waals surface area contributed by atoms with E-state index in [0.717, 1.165) is 16.7 Å². The number of nitrogens with two attached hydrogens (primary N) is 1. The van der Waals surface area contributed by atoms with Gasteiger partial charge in [-0.15, -0.1) is 0 Å². The molecule has 3 rings (SSSR count). The summed E-state index contributed by atoms with van der Waals surface area (Å²) in [5.41, 5.74) is 6.75. The fourth-order valence-corrected chi connectivity index (χ4v) is 4.59. The van der Waals surface area contributed by atoms with E-state index in [1.54, 1.807) is 0 Å². The van der Waals surface area contributed by atoms with E-state index in [0.29, 0.717) is 5.56 Å². The van der Waals surface area contributed by atoms with Gasteiger partial charge in [-0.3, -0.25) is 19.3 Å². The van der Waals surface area contributed by atoms with E-state index in [2.05, 4.69) is 10.1 Å². The van der Waals surface area contributed by atoms with Crippen molar-refractivity contribution in [1.82, 2.24) is 10.2 Å². The molecule has 0 aromatic heterocycles. The Labute approximate surface area is 170 Å². The molecule has 0 aliphatic carbocycles. The molecule has 1 saturated heterocycles. The first-order valence-corrected chi connectivity index (χ1v) is 9.40. The summed E-state index contributed by atoms with van der Waals surface area (Å²) in [7, 11) is 2.63. The molecular weight excluding hydrogens is 399 g/mol. The first-order valence-electron chi connectivity index (χ1n) is 8.52. The highest BCUT2D eigenvalue weighted by Crippen LogP contribution is 2.49. The molecule has 0 spiro atoms. The first-order chi connectivity index (χ1) is 13.8. The third-order valence-electron chi connectivity index (χ3n) is 4.65. The average molecular weight is 416 g/mol. The zero-order chi connectivity index (χ0) is 21.3. The zero-order valence-electron chi connectivity index (χ0n) is 15.6. The fourth-order valence-electron chi connectivity index (χ4n) is 3.27. The zero-order valence-corrected chi connectivity index (χ0v) is 16.4. The smallest absolute Gasteiger partial charge is 0.307 e. The van der Waals surface area contributed by atoms with Gasteiger partial charge in [0, 0.05) is 7.05 Å². The summed E-state index contributed by atoms with van der Waals surface area (Å²) in [5, 5.41) is 11.7. The van der Waals surface area contributed by atoms with Crippen LogP contribution in [0.1, 0.15) is 17.9 Å². The quantitative estimate of drug-likeness (QED) is 0.704. The van der Waals surface area contributed by atoms with Crippen LogP contribution in [-0.2, 0) is 19.1 Å². The summed E-state index contributed by atoms with van der Waals surface area (Å²) in [4.78, 5) is 38.4. The van der Waals surface area contributed by atoms with Crippen molar-refractivity contribution in [2.45, 2.75) is 17.6 Å². The Morgan fingerprint density at radius 3 is 2.59 bits per heavy atom. The first kappa shape index (κ1) is 20.4. The van der Waals surface area contributed by atoms with Gasteiger partial charge < -0.3 is 15.8 Å². The maximum Gasteiger partial charge on any atom is 0.307 e. The summed E-state index contributed by atoms with van der Waals surface area (Å²) in [6, 6.07) is 7.32. The summed E-state index contributed by atoms with van der Waals surface area (Å²) >= 11 is 1.01. The number of carbonyl (C=O) groups is 3. The second kappa shape index (κ2) is 7.97. The molecule has 1 aromatic carbocycles. The molecule has 0 radical (unpaired) electrons. The van der Waals surface area contributed by atoms with E-state index in [9.17, 15) is 24.0 Å². The summed E-state index contributed by atoms with van der Waals surface area (Å²) in [6.45, 7) is 0. The van der Waals surface area contributed by atoms with Crippen LogP contribution in [0.4, 0.5) is 4.39 Å². The number of fused-ring (bicyclic) bond motifs is 1. The highest BCUT2D eigenvalue weighted by Gasteiger charge is 2.48. The van der Waals surface area contributed by atoms with E-state index in [4.69, 9.17) is 5.73 Å². The van der Waals surface area contributed by atoms with E-state index in [1.807, 2.05) is 6.07 Å². The van der Waals surface area contributed by atoms with Gasteiger partial charge in [-0.2, -0.15) is 5.26 Å². The molecule has 1 aromatic rings. The van der Waals surface area contributed by atoms with Crippen molar-refractivity contribution in [3.8, 4) is 6.07 Å². The molecule has 2 atom stereocenters. The monoisotopic (exact) mass is 416 g/mol. The summed E-state index contributed by atoms with van der Waals surface area (Å²) in [6.07, 6.45) is -0.211. The number of esters is 1. The third kappa shape index (κ3) is 3.45. The van der Waals surface area contributed by atoms with Crippen molar-refractivity contribution in [2.24, 2.45) is 5.73 Å². The second-order valence-electron chi connectivity index (χ2n) is 6.25. The molecule has 3 N–H and O–H groups in total. The normalized spacial score (nSPS) is 21.0. The van der Waals surface area contributed by atoms with Gasteiger partial charge in [0.1, 0.15) is 16.9 Å². The minimum atomic E-state index is -0.885. The number of nitrogens with zero attached hydrogens (tertiary/aromatic N) is 2. The van der Waals surface area contributed by atoms with E-state index >= 15 is 0 Å². The molecule has 0 saturated carbocycles. The number of allylic oxidation sites excluding steroid dienone is 1. The fraction of sp³-hybridized carbons (Fsp3) is 0.263. The number of halogens is 1. The van der Waals surface area contributed by atoms with Crippen molar-refractivity contribution in [1.29, 1.82) is 5.26 Å². The standard InChI is InChI=1S/C19H17FN4O4S/c1-23-17(26)15-14(9-3-5-10(20)6-4-9)11(8-21)16(22)24-18(27)12(29-19(15)24)7-13(25)28-2/h3-6,12,14H,7,22H2,1-2H3,(H,23,26). The van der Waals surface area contributed by atoms with Crippen LogP contribution in [0.5, 0.6) is 0 Å². The number of carbonyl (C=O) groups excluding carboxylic acids is 3. The molecular formula is C19H17FN4O4S. The molecule has 8 nitrogen and oxygen atoms in total. The lowest BCUT2D eigenvalue weighted by Gasteiger charge is -2.31. The molecule has 2 aliphatic heterocycles. The van der Waals surface area contributed by atoms with Crippen LogP contribution in [0, 0.1) is 17.1 Å². The van der Waals surface area contributed by atoms with Gasteiger partial charge in [0.25, 0.3) is 5.91 Å². The minimum absolute atomic E-state index is 0.00775. The Balaban J connectivity index is 2.20. The molecule has 2 aliphatic rings. The number of benzene rings is 1. The van der Waals surface area contributed by atoms with Gasteiger partial charge >= 0.3 is 5.97 Å². The number of thioether (sulfide) groups is 1. The predicted octanol–water partition coefficient (Wildman–Crippen LogP) is 1.08. The van der Waals surface area contributed by atoms with Crippen molar-refractivity contribution in [3.63, 3.8) is 0 Å². The van der Waals surface area contributed by atoms with Crippen LogP contribution in [0.15, 0.2) is 46.3 Å². The largest absolute Gasteiger partial charge is 0.469 e. The number of rotatable bonds is 4. The molecule has 2 amide bonds.